The monoisotopic (exact) mass is 275 g/mol. The van der Waals surface area contributed by atoms with Gasteiger partial charge >= 0.3 is 0 Å². The van der Waals surface area contributed by atoms with Gasteiger partial charge in [-0.3, -0.25) is 4.79 Å². The Kier molecular flexibility index (Phi) is 5.75. The van der Waals surface area contributed by atoms with Crippen LogP contribution in [0.4, 0.5) is 0 Å². The van der Waals surface area contributed by atoms with Gasteiger partial charge < -0.3 is 10.0 Å². The number of aliphatic hydroxyl groups is 1. The van der Waals surface area contributed by atoms with E-state index < -0.39 is 4.84 Å². The minimum absolute atomic E-state index is 0.113. The molecule has 0 aliphatic rings. The Bertz CT molecular complexity index is 383. The highest BCUT2D eigenvalue weighted by Gasteiger charge is 2.20. The molecule has 94 valence electrons. The van der Waals surface area contributed by atoms with Crippen LogP contribution in [0.15, 0.2) is 24.3 Å². The summed E-state index contributed by atoms with van der Waals surface area (Å²) in [4.78, 5) is 12.1. The standard InChI is InChI=1S/C12H15Cl2NO2/c1-9-4-2-3-5-10(9)8-15(6-7-16)12(17)11(13)14/h2-5,11,16H,6-8H2,1H3. The normalized spacial score (nSPS) is 10.6. The van der Waals surface area contributed by atoms with Gasteiger partial charge in [0.15, 0.2) is 4.84 Å². The van der Waals surface area contributed by atoms with Gasteiger partial charge in [-0.25, -0.2) is 0 Å². The first kappa shape index (κ1) is 14.3. The van der Waals surface area contributed by atoms with Crippen molar-refractivity contribution in [2.75, 3.05) is 13.2 Å². The third-order valence-corrected chi connectivity index (χ3v) is 2.86. The fourth-order valence-corrected chi connectivity index (χ4v) is 1.80. The lowest BCUT2D eigenvalue weighted by atomic mass is 10.1. The zero-order valence-corrected chi connectivity index (χ0v) is 11.1. The van der Waals surface area contributed by atoms with Gasteiger partial charge in [-0.2, -0.15) is 0 Å². The molecule has 1 rings (SSSR count). The number of nitrogens with zero attached hydrogens (tertiary/aromatic N) is 1. The second-order valence-electron chi connectivity index (χ2n) is 3.71. The zero-order valence-electron chi connectivity index (χ0n) is 9.57. The first-order valence-corrected chi connectivity index (χ1v) is 6.16. The maximum Gasteiger partial charge on any atom is 0.256 e. The Morgan fingerprint density at radius 3 is 2.59 bits per heavy atom. The molecular formula is C12H15Cl2NO2. The molecule has 0 radical (unpaired) electrons. The minimum atomic E-state index is -1.09. The van der Waals surface area contributed by atoms with E-state index in [9.17, 15) is 4.79 Å². The van der Waals surface area contributed by atoms with Crippen LogP contribution in [0.3, 0.4) is 0 Å². The number of aryl methyl sites for hydroxylation is 1. The van der Waals surface area contributed by atoms with Crippen LogP contribution in [-0.2, 0) is 11.3 Å². The van der Waals surface area contributed by atoms with Crippen LogP contribution >= 0.6 is 23.2 Å². The summed E-state index contributed by atoms with van der Waals surface area (Å²) in [5.41, 5.74) is 2.10. The fourth-order valence-electron chi connectivity index (χ4n) is 1.52. The Labute approximate surface area is 111 Å². The number of hydrogen-bond donors (Lipinski definition) is 1. The molecule has 1 N–H and O–H groups in total. The second kappa shape index (κ2) is 6.84. The third-order valence-electron chi connectivity index (χ3n) is 2.49. The number of carbonyl (C=O) groups excluding carboxylic acids is 1. The van der Waals surface area contributed by atoms with Gasteiger partial charge in [0.2, 0.25) is 0 Å². The van der Waals surface area contributed by atoms with E-state index >= 15 is 0 Å². The molecule has 5 heteroatoms. The van der Waals surface area contributed by atoms with Gasteiger partial charge in [-0.15, -0.1) is 0 Å². The molecule has 1 amide bonds. The van der Waals surface area contributed by atoms with Crippen molar-refractivity contribution in [1.29, 1.82) is 0 Å². The van der Waals surface area contributed by atoms with E-state index in [-0.39, 0.29) is 19.1 Å². The van der Waals surface area contributed by atoms with E-state index in [0.717, 1.165) is 11.1 Å². The summed E-state index contributed by atoms with van der Waals surface area (Å²) in [7, 11) is 0. The van der Waals surface area contributed by atoms with E-state index in [1.807, 2.05) is 31.2 Å². The van der Waals surface area contributed by atoms with E-state index in [1.54, 1.807) is 0 Å². The highest BCUT2D eigenvalue weighted by Crippen LogP contribution is 2.14. The van der Waals surface area contributed by atoms with Crippen molar-refractivity contribution in [3.8, 4) is 0 Å². The molecule has 1 aromatic carbocycles. The van der Waals surface area contributed by atoms with Crippen LogP contribution in [-0.4, -0.2) is 33.9 Å². The van der Waals surface area contributed by atoms with Crippen LogP contribution in [0, 0.1) is 6.92 Å². The fraction of sp³-hybridized carbons (Fsp3) is 0.417. The molecule has 0 atom stereocenters. The summed E-state index contributed by atoms with van der Waals surface area (Å²) in [6.45, 7) is 2.49. The number of carbonyl (C=O) groups is 1. The number of benzene rings is 1. The lowest BCUT2D eigenvalue weighted by Gasteiger charge is -2.23. The van der Waals surface area contributed by atoms with E-state index in [0.29, 0.717) is 6.54 Å². The second-order valence-corrected chi connectivity index (χ2v) is 4.81. The summed E-state index contributed by atoms with van der Waals surface area (Å²) < 4.78 is 0. The smallest absolute Gasteiger partial charge is 0.256 e. The molecule has 0 aromatic heterocycles. The molecular weight excluding hydrogens is 261 g/mol. The van der Waals surface area contributed by atoms with Gasteiger partial charge in [0.05, 0.1) is 6.61 Å². The number of hydrogen-bond acceptors (Lipinski definition) is 2. The predicted octanol–water partition coefficient (Wildman–Crippen LogP) is 2.12. The maximum absolute atomic E-state index is 11.7. The molecule has 3 nitrogen and oxygen atoms in total. The summed E-state index contributed by atoms with van der Waals surface area (Å²) in [5.74, 6) is -0.384. The number of aliphatic hydroxyl groups excluding tert-OH is 1. The van der Waals surface area contributed by atoms with Crippen molar-refractivity contribution in [2.45, 2.75) is 18.3 Å². The van der Waals surface area contributed by atoms with Crippen molar-refractivity contribution >= 4 is 29.1 Å². The summed E-state index contributed by atoms with van der Waals surface area (Å²) in [6, 6.07) is 7.74. The van der Waals surface area contributed by atoms with Crippen LogP contribution < -0.4 is 0 Å². The zero-order chi connectivity index (χ0) is 12.8. The van der Waals surface area contributed by atoms with Crippen molar-refractivity contribution in [3.63, 3.8) is 0 Å². The average Bonchev–Trinajstić information content (AvgIpc) is 2.30. The van der Waals surface area contributed by atoms with E-state index in [2.05, 4.69) is 0 Å². The van der Waals surface area contributed by atoms with Gasteiger partial charge in [0, 0.05) is 13.1 Å². The number of alkyl halides is 2. The van der Waals surface area contributed by atoms with Crippen molar-refractivity contribution in [1.82, 2.24) is 4.90 Å². The molecule has 0 aliphatic carbocycles. The molecule has 0 heterocycles. The Morgan fingerprint density at radius 2 is 2.06 bits per heavy atom. The van der Waals surface area contributed by atoms with E-state index in [1.165, 1.54) is 4.90 Å². The number of amides is 1. The van der Waals surface area contributed by atoms with Crippen LogP contribution in [0.5, 0.6) is 0 Å². The summed E-state index contributed by atoms with van der Waals surface area (Å²) in [6.07, 6.45) is 0. The molecule has 17 heavy (non-hydrogen) atoms. The molecule has 1 aromatic rings. The molecule has 0 fully saturated rings. The molecule has 0 aliphatic heterocycles. The van der Waals surface area contributed by atoms with Crippen LogP contribution in [0.25, 0.3) is 0 Å². The SMILES string of the molecule is Cc1ccccc1CN(CCO)C(=O)C(Cl)Cl. The van der Waals surface area contributed by atoms with E-state index in [4.69, 9.17) is 28.3 Å². The Balaban J connectivity index is 2.80. The summed E-state index contributed by atoms with van der Waals surface area (Å²) in [5, 5.41) is 8.93. The largest absolute Gasteiger partial charge is 0.395 e. The number of rotatable bonds is 5. The predicted molar refractivity (Wildman–Crippen MR) is 69.2 cm³/mol. The Hall–Kier alpha value is -0.770. The summed E-state index contributed by atoms with van der Waals surface area (Å²) >= 11 is 11.1. The van der Waals surface area contributed by atoms with Crippen LogP contribution in [0.2, 0.25) is 0 Å². The molecule has 0 saturated heterocycles. The van der Waals surface area contributed by atoms with Gasteiger partial charge in [-0.1, -0.05) is 47.5 Å². The average molecular weight is 276 g/mol. The molecule has 0 spiro atoms. The minimum Gasteiger partial charge on any atom is -0.395 e. The lowest BCUT2D eigenvalue weighted by molar-refractivity contribution is -0.130. The van der Waals surface area contributed by atoms with Gasteiger partial charge in [-0.05, 0) is 18.1 Å². The first-order chi connectivity index (χ1) is 8.06. The molecule has 0 saturated carbocycles. The van der Waals surface area contributed by atoms with Crippen molar-refractivity contribution in [3.05, 3.63) is 35.4 Å². The topological polar surface area (TPSA) is 40.5 Å². The Morgan fingerprint density at radius 1 is 1.41 bits per heavy atom. The van der Waals surface area contributed by atoms with Gasteiger partial charge in [0.1, 0.15) is 0 Å². The molecule has 0 bridgehead atoms. The van der Waals surface area contributed by atoms with Gasteiger partial charge in [0.25, 0.3) is 5.91 Å². The van der Waals surface area contributed by atoms with Crippen molar-refractivity contribution < 1.29 is 9.90 Å². The highest BCUT2D eigenvalue weighted by molar-refractivity contribution is 6.53. The lowest BCUT2D eigenvalue weighted by Crippen LogP contribution is -2.36. The third kappa shape index (κ3) is 4.19. The van der Waals surface area contributed by atoms with Crippen LogP contribution in [0.1, 0.15) is 11.1 Å². The maximum atomic E-state index is 11.7. The quantitative estimate of drug-likeness (QED) is 0.837. The highest BCUT2D eigenvalue weighted by atomic mass is 35.5. The first-order valence-electron chi connectivity index (χ1n) is 5.28. The van der Waals surface area contributed by atoms with Crippen molar-refractivity contribution in [2.24, 2.45) is 0 Å². The molecule has 0 unspecified atom stereocenters. The number of halogens is 2.